The molecule has 104 valence electrons. The van der Waals surface area contributed by atoms with Crippen LogP contribution < -0.4 is 15.4 Å². The van der Waals surface area contributed by atoms with E-state index in [0.717, 1.165) is 25.4 Å². The minimum atomic E-state index is 0.379. The number of ether oxygens (including phenoxy) is 1. The van der Waals surface area contributed by atoms with Gasteiger partial charge in [0.25, 0.3) is 0 Å². The average molecular weight is 268 g/mol. The molecule has 1 fully saturated rings. The molecule has 3 rings (SSSR count). The Morgan fingerprint density at radius 3 is 2.70 bits per heavy atom. The molecule has 1 aliphatic heterocycles. The van der Waals surface area contributed by atoms with Crippen molar-refractivity contribution in [2.45, 2.75) is 12.6 Å². The maximum Gasteiger partial charge on any atom is 0.120 e. The largest absolute Gasteiger partial charge is 0.489 e. The molecule has 0 radical (unpaired) electrons. The first-order chi connectivity index (χ1) is 9.92. The van der Waals surface area contributed by atoms with Crippen LogP contribution in [0.15, 0.2) is 54.6 Å². The van der Waals surface area contributed by atoms with Gasteiger partial charge in [0.15, 0.2) is 0 Å². The SMILES string of the molecule is c1ccc(COc2cccc(C3CNCCN3)c2)cc1. The number of nitrogens with one attached hydrogen (secondary N) is 2. The van der Waals surface area contributed by atoms with Crippen LogP contribution in [0.3, 0.4) is 0 Å². The van der Waals surface area contributed by atoms with Gasteiger partial charge in [0.1, 0.15) is 12.4 Å². The smallest absolute Gasteiger partial charge is 0.120 e. The van der Waals surface area contributed by atoms with E-state index in [1.165, 1.54) is 11.1 Å². The number of benzene rings is 2. The van der Waals surface area contributed by atoms with Gasteiger partial charge in [-0.1, -0.05) is 42.5 Å². The number of rotatable bonds is 4. The molecule has 1 heterocycles. The third kappa shape index (κ3) is 3.38. The van der Waals surface area contributed by atoms with Gasteiger partial charge in [-0.25, -0.2) is 0 Å². The molecule has 3 nitrogen and oxygen atoms in total. The Morgan fingerprint density at radius 2 is 1.90 bits per heavy atom. The van der Waals surface area contributed by atoms with Gasteiger partial charge in [0, 0.05) is 25.7 Å². The molecule has 1 aliphatic rings. The van der Waals surface area contributed by atoms with E-state index in [1.54, 1.807) is 0 Å². The highest BCUT2D eigenvalue weighted by molar-refractivity contribution is 5.31. The van der Waals surface area contributed by atoms with Crippen LogP contribution in [0, 0.1) is 0 Å². The van der Waals surface area contributed by atoms with Crippen LogP contribution in [-0.4, -0.2) is 19.6 Å². The summed E-state index contributed by atoms with van der Waals surface area (Å²) in [5.74, 6) is 0.929. The first-order valence-corrected chi connectivity index (χ1v) is 7.12. The van der Waals surface area contributed by atoms with Crippen molar-refractivity contribution in [3.8, 4) is 5.75 Å². The number of hydrogen-bond acceptors (Lipinski definition) is 3. The van der Waals surface area contributed by atoms with Gasteiger partial charge in [0.2, 0.25) is 0 Å². The molecule has 1 saturated heterocycles. The first-order valence-electron chi connectivity index (χ1n) is 7.12. The Kier molecular flexibility index (Phi) is 4.31. The van der Waals surface area contributed by atoms with Crippen molar-refractivity contribution in [3.63, 3.8) is 0 Å². The summed E-state index contributed by atoms with van der Waals surface area (Å²) in [6.45, 7) is 3.64. The van der Waals surface area contributed by atoms with E-state index in [0.29, 0.717) is 12.6 Å². The lowest BCUT2D eigenvalue weighted by molar-refractivity contribution is 0.305. The molecular formula is C17H20N2O. The lowest BCUT2D eigenvalue weighted by Crippen LogP contribution is -2.42. The molecule has 2 aromatic carbocycles. The number of hydrogen-bond donors (Lipinski definition) is 2. The summed E-state index contributed by atoms with van der Waals surface area (Å²) >= 11 is 0. The molecule has 1 atom stereocenters. The van der Waals surface area contributed by atoms with Gasteiger partial charge in [-0.3, -0.25) is 0 Å². The van der Waals surface area contributed by atoms with Crippen LogP contribution >= 0.6 is 0 Å². The summed E-state index contributed by atoms with van der Waals surface area (Å²) in [4.78, 5) is 0. The fraction of sp³-hybridized carbons (Fsp3) is 0.294. The van der Waals surface area contributed by atoms with Crippen LogP contribution in [0.4, 0.5) is 0 Å². The average Bonchev–Trinajstić information content (AvgIpc) is 2.55. The lowest BCUT2D eigenvalue weighted by atomic mass is 10.1. The van der Waals surface area contributed by atoms with Crippen molar-refractivity contribution in [3.05, 3.63) is 65.7 Å². The van der Waals surface area contributed by atoms with Crippen molar-refractivity contribution in [2.75, 3.05) is 19.6 Å². The molecule has 0 bridgehead atoms. The quantitative estimate of drug-likeness (QED) is 0.894. The Morgan fingerprint density at radius 1 is 1.00 bits per heavy atom. The molecule has 0 aromatic heterocycles. The van der Waals surface area contributed by atoms with E-state index in [4.69, 9.17) is 4.74 Å². The maximum absolute atomic E-state index is 5.88. The fourth-order valence-corrected chi connectivity index (χ4v) is 2.45. The van der Waals surface area contributed by atoms with E-state index >= 15 is 0 Å². The molecule has 0 spiro atoms. The molecule has 20 heavy (non-hydrogen) atoms. The van der Waals surface area contributed by atoms with Gasteiger partial charge in [0.05, 0.1) is 0 Å². The topological polar surface area (TPSA) is 33.3 Å². The van der Waals surface area contributed by atoms with Crippen molar-refractivity contribution < 1.29 is 4.74 Å². The maximum atomic E-state index is 5.88. The van der Waals surface area contributed by atoms with Gasteiger partial charge >= 0.3 is 0 Å². The molecule has 1 unspecified atom stereocenters. The second-order valence-electron chi connectivity index (χ2n) is 5.06. The highest BCUT2D eigenvalue weighted by Gasteiger charge is 2.14. The Hall–Kier alpha value is -1.84. The molecular weight excluding hydrogens is 248 g/mol. The summed E-state index contributed by atoms with van der Waals surface area (Å²) in [6, 6.07) is 19.0. The summed E-state index contributed by atoms with van der Waals surface area (Å²) in [6.07, 6.45) is 0. The molecule has 0 saturated carbocycles. The zero-order valence-corrected chi connectivity index (χ0v) is 11.5. The number of piperazine rings is 1. The normalized spacial score (nSPS) is 18.7. The molecule has 0 amide bonds. The van der Waals surface area contributed by atoms with Crippen LogP contribution in [0.25, 0.3) is 0 Å². The van der Waals surface area contributed by atoms with Gasteiger partial charge in [-0.05, 0) is 23.3 Å². The van der Waals surface area contributed by atoms with Gasteiger partial charge in [-0.15, -0.1) is 0 Å². The standard InChI is InChI=1S/C17H20N2O/c1-2-5-14(6-3-1)13-20-16-8-4-7-15(11-16)17-12-18-9-10-19-17/h1-8,11,17-19H,9-10,12-13H2. The Bertz CT molecular complexity index is 536. The van der Waals surface area contributed by atoms with Gasteiger partial charge in [-0.2, -0.15) is 0 Å². The summed E-state index contributed by atoms with van der Waals surface area (Å²) in [5, 5.41) is 6.93. The predicted molar refractivity (Wildman–Crippen MR) is 80.8 cm³/mol. The third-order valence-corrected chi connectivity index (χ3v) is 3.55. The minimum Gasteiger partial charge on any atom is -0.489 e. The Labute approximate surface area is 120 Å². The highest BCUT2D eigenvalue weighted by atomic mass is 16.5. The zero-order valence-electron chi connectivity index (χ0n) is 11.5. The van der Waals surface area contributed by atoms with Crippen LogP contribution in [0.1, 0.15) is 17.2 Å². The summed E-state index contributed by atoms with van der Waals surface area (Å²) in [7, 11) is 0. The van der Waals surface area contributed by atoms with E-state index in [1.807, 2.05) is 24.3 Å². The van der Waals surface area contributed by atoms with Crippen molar-refractivity contribution >= 4 is 0 Å². The van der Waals surface area contributed by atoms with E-state index < -0.39 is 0 Å². The second kappa shape index (κ2) is 6.55. The van der Waals surface area contributed by atoms with E-state index in [2.05, 4.69) is 41.0 Å². The van der Waals surface area contributed by atoms with E-state index in [-0.39, 0.29) is 0 Å². The highest BCUT2D eigenvalue weighted by Crippen LogP contribution is 2.20. The van der Waals surface area contributed by atoms with Crippen LogP contribution in [0.2, 0.25) is 0 Å². The van der Waals surface area contributed by atoms with Crippen molar-refractivity contribution in [2.24, 2.45) is 0 Å². The van der Waals surface area contributed by atoms with Crippen molar-refractivity contribution in [1.29, 1.82) is 0 Å². The summed E-state index contributed by atoms with van der Waals surface area (Å²) in [5.41, 5.74) is 2.47. The van der Waals surface area contributed by atoms with Crippen molar-refractivity contribution in [1.82, 2.24) is 10.6 Å². The third-order valence-electron chi connectivity index (χ3n) is 3.55. The molecule has 2 N–H and O–H groups in total. The second-order valence-corrected chi connectivity index (χ2v) is 5.06. The lowest BCUT2D eigenvalue weighted by Gasteiger charge is -2.25. The van der Waals surface area contributed by atoms with Gasteiger partial charge < -0.3 is 15.4 Å². The summed E-state index contributed by atoms with van der Waals surface area (Å²) < 4.78 is 5.88. The zero-order chi connectivity index (χ0) is 13.6. The Balaban J connectivity index is 1.65. The van der Waals surface area contributed by atoms with Crippen LogP contribution in [0.5, 0.6) is 5.75 Å². The molecule has 2 aromatic rings. The minimum absolute atomic E-state index is 0.379. The molecule has 3 heteroatoms. The van der Waals surface area contributed by atoms with Crippen LogP contribution in [-0.2, 0) is 6.61 Å². The predicted octanol–water partition coefficient (Wildman–Crippen LogP) is 2.50. The van der Waals surface area contributed by atoms with E-state index in [9.17, 15) is 0 Å². The first kappa shape index (κ1) is 13.2. The molecule has 0 aliphatic carbocycles. The monoisotopic (exact) mass is 268 g/mol. The fourth-order valence-electron chi connectivity index (χ4n) is 2.45.